The monoisotopic (exact) mass is 411 g/mol. The second-order valence-corrected chi connectivity index (χ2v) is 7.68. The smallest absolute Gasteiger partial charge is 0.219 e. The van der Waals surface area contributed by atoms with Gasteiger partial charge >= 0.3 is 0 Å². The highest BCUT2D eigenvalue weighted by Crippen LogP contribution is 2.26. The van der Waals surface area contributed by atoms with Gasteiger partial charge in [0.15, 0.2) is 5.82 Å². The number of nitrogens with two attached hydrogens (primary N) is 1. The largest absolute Gasteiger partial charge is 0.379 e. The van der Waals surface area contributed by atoms with Crippen LogP contribution >= 0.6 is 0 Å². The summed E-state index contributed by atoms with van der Waals surface area (Å²) < 4.78 is 5.49. The number of pyridine rings is 1. The van der Waals surface area contributed by atoms with Crippen LogP contribution in [0.1, 0.15) is 19.3 Å². The molecule has 2 aromatic rings. The zero-order chi connectivity index (χ0) is 20.8. The molecule has 0 unspecified atom stereocenters. The van der Waals surface area contributed by atoms with Crippen LogP contribution in [0.3, 0.4) is 0 Å². The predicted octanol–water partition coefficient (Wildman–Crippen LogP) is 1.13. The molecule has 0 aromatic carbocycles. The van der Waals surface area contributed by atoms with Gasteiger partial charge in [-0.05, 0) is 25.0 Å². The van der Waals surface area contributed by atoms with Gasteiger partial charge in [0.1, 0.15) is 11.6 Å². The van der Waals surface area contributed by atoms with Crippen molar-refractivity contribution in [1.82, 2.24) is 19.9 Å². The fourth-order valence-corrected chi connectivity index (χ4v) is 4.03. The number of rotatable bonds is 7. The quantitative estimate of drug-likeness (QED) is 0.698. The average Bonchev–Trinajstić information content (AvgIpc) is 2.80. The summed E-state index contributed by atoms with van der Waals surface area (Å²) in [5.74, 6) is 1.91. The van der Waals surface area contributed by atoms with Crippen LogP contribution in [0.4, 0.5) is 11.6 Å². The van der Waals surface area contributed by atoms with E-state index >= 15 is 0 Å². The molecule has 4 heterocycles. The lowest BCUT2D eigenvalue weighted by Crippen LogP contribution is -2.49. The van der Waals surface area contributed by atoms with E-state index in [4.69, 9.17) is 15.5 Å². The van der Waals surface area contributed by atoms with Crippen molar-refractivity contribution in [2.45, 2.75) is 25.3 Å². The molecule has 0 radical (unpaired) electrons. The van der Waals surface area contributed by atoms with Gasteiger partial charge in [0.2, 0.25) is 5.91 Å². The number of morpholine rings is 1. The molecule has 3 N–H and O–H groups in total. The topological polar surface area (TPSA) is 110 Å². The lowest BCUT2D eigenvalue weighted by atomic mass is 10.0. The standard InChI is InChI=1S/C21H29N7O2/c22-18(29)3-8-24-19-15-20(26-21(25-19)16-1-6-23-7-2-16)28-9-4-17(5-10-28)27-11-13-30-14-12-27/h1-2,6-7,15,17H,3-5,8-14H2,(H2,22,29)(H,24,25,26). The second kappa shape index (κ2) is 9.82. The molecule has 2 aliphatic rings. The molecule has 2 aliphatic heterocycles. The van der Waals surface area contributed by atoms with Crippen LogP contribution in [0, 0.1) is 0 Å². The summed E-state index contributed by atoms with van der Waals surface area (Å²) in [5.41, 5.74) is 6.17. The summed E-state index contributed by atoms with van der Waals surface area (Å²) >= 11 is 0. The van der Waals surface area contributed by atoms with E-state index in [0.29, 0.717) is 24.2 Å². The number of aromatic nitrogens is 3. The molecule has 2 aromatic heterocycles. The van der Waals surface area contributed by atoms with Crippen molar-refractivity contribution in [3.05, 3.63) is 30.6 Å². The molecular formula is C21H29N7O2. The number of hydrogen-bond acceptors (Lipinski definition) is 8. The maximum atomic E-state index is 11.1. The van der Waals surface area contributed by atoms with Crippen molar-refractivity contribution in [3.8, 4) is 11.4 Å². The molecule has 9 nitrogen and oxygen atoms in total. The van der Waals surface area contributed by atoms with Crippen LogP contribution in [0.25, 0.3) is 11.4 Å². The minimum atomic E-state index is -0.337. The van der Waals surface area contributed by atoms with Crippen LogP contribution in [0.15, 0.2) is 30.6 Å². The first-order chi connectivity index (χ1) is 14.7. The van der Waals surface area contributed by atoms with Gasteiger partial charge in [0.25, 0.3) is 0 Å². The molecule has 0 aliphatic carbocycles. The summed E-state index contributed by atoms with van der Waals surface area (Å²) in [6, 6.07) is 6.37. The van der Waals surface area contributed by atoms with E-state index in [1.165, 1.54) is 0 Å². The number of primary amides is 1. The molecule has 4 rings (SSSR count). The number of piperidine rings is 1. The normalized spacial score (nSPS) is 18.3. The lowest BCUT2D eigenvalue weighted by molar-refractivity contribution is -0.117. The Morgan fingerprint density at radius 1 is 1.13 bits per heavy atom. The summed E-state index contributed by atoms with van der Waals surface area (Å²) in [6.07, 6.45) is 5.95. The molecule has 0 bridgehead atoms. The van der Waals surface area contributed by atoms with Crippen LogP contribution in [0.5, 0.6) is 0 Å². The molecule has 0 saturated carbocycles. The van der Waals surface area contributed by atoms with E-state index in [9.17, 15) is 4.79 Å². The van der Waals surface area contributed by atoms with E-state index in [2.05, 4.69) is 25.1 Å². The maximum absolute atomic E-state index is 11.1. The van der Waals surface area contributed by atoms with Crippen LogP contribution in [-0.2, 0) is 9.53 Å². The van der Waals surface area contributed by atoms with Gasteiger partial charge in [-0.2, -0.15) is 0 Å². The lowest BCUT2D eigenvalue weighted by Gasteiger charge is -2.40. The average molecular weight is 412 g/mol. The molecular weight excluding hydrogens is 382 g/mol. The van der Waals surface area contributed by atoms with Gasteiger partial charge in [0, 0.05) is 69.2 Å². The number of nitrogens with zero attached hydrogens (tertiary/aromatic N) is 5. The first-order valence-electron chi connectivity index (χ1n) is 10.6. The molecule has 30 heavy (non-hydrogen) atoms. The predicted molar refractivity (Wildman–Crippen MR) is 115 cm³/mol. The molecule has 160 valence electrons. The van der Waals surface area contributed by atoms with Crippen molar-refractivity contribution >= 4 is 17.5 Å². The molecule has 2 saturated heterocycles. The third-order valence-corrected chi connectivity index (χ3v) is 5.68. The van der Waals surface area contributed by atoms with Crippen molar-refractivity contribution in [2.24, 2.45) is 5.73 Å². The van der Waals surface area contributed by atoms with E-state index in [0.717, 1.165) is 63.6 Å². The Morgan fingerprint density at radius 3 is 2.57 bits per heavy atom. The van der Waals surface area contributed by atoms with E-state index in [1.54, 1.807) is 12.4 Å². The van der Waals surface area contributed by atoms with Crippen LogP contribution in [-0.4, -0.2) is 77.7 Å². The first-order valence-corrected chi connectivity index (χ1v) is 10.6. The Morgan fingerprint density at radius 2 is 1.87 bits per heavy atom. The Kier molecular flexibility index (Phi) is 6.70. The molecule has 0 atom stereocenters. The number of anilines is 2. The zero-order valence-electron chi connectivity index (χ0n) is 17.2. The Hall–Kier alpha value is -2.78. The van der Waals surface area contributed by atoms with E-state index in [1.807, 2.05) is 18.2 Å². The van der Waals surface area contributed by atoms with E-state index in [-0.39, 0.29) is 12.3 Å². The summed E-state index contributed by atoms with van der Waals surface area (Å²) in [7, 11) is 0. The van der Waals surface area contributed by atoms with Gasteiger partial charge < -0.3 is 20.7 Å². The third-order valence-electron chi connectivity index (χ3n) is 5.68. The van der Waals surface area contributed by atoms with Gasteiger partial charge in [-0.15, -0.1) is 0 Å². The minimum absolute atomic E-state index is 0.259. The highest BCUT2D eigenvalue weighted by Gasteiger charge is 2.26. The third kappa shape index (κ3) is 5.22. The number of carbonyl (C=O) groups is 1. The molecule has 2 fully saturated rings. The second-order valence-electron chi connectivity index (χ2n) is 7.68. The maximum Gasteiger partial charge on any atom is 0.219 e. The van der Waals surface area contributed by atoms with Gasteiger partial charge in [-0.1, -0.05) is 0 Å². The Balaban J connectivity index is 1.49. The van der Waals surface area contributed by atoms with Crippen molar-refractivity contribution in [1.29, 1.82) is 0 Å². The fraction of sp³-hybridized carbons (Fsp3) is 0.524. The Bertz CT molecular complexity index is 835. The number of amides is 1. The highest BCUT2D eigenvalue weighted by molar-refractivity contribution is 5.74. The number of hydrogen-bond donors (Lipinski definition) is 2. The van der Waals surface area contributed by atoms with Gasteiger partial charge in [-0.3, -0.25) is 14.7 Å². The van der Waals surface area contributed by atoms with Crippen molar-refractivity contribution in [2.75, 3.05) is 56.2 Å². The highest BCUT2D eigenvalue weighted by atomic mass is 16.5. The van der Waals surface area contributed by atoms with Crippen molar-refractivity contribution in [3.63, 3.8) is 0 Å². The van der Waals surface area contributed by atoms with Crippen LogP contribution in [0.2, 0.25) is 0 Å². The molecule has 9 heteroatoms. The zero-order valence-corrected chi connectivity index (χ0v) is 17.2. The number of nitrogens with one attached hydrogen (secondary N) is 1. The Labute approximate surface area is 176 Å². The van der Waals surface area contributed by atoms with Gasteiger partial charge in [-0.25, -0.2) is 9.97 Å². The van der Waals surface area contributed by atoms with E-state index < -0.39 is 0 Å². The molecule has 1 amide bonds. The van der Waals surface area contributed by atoms with Crippen LogP contribution < -0.4 is 16.0 Å². The SMILES string of the molecule is NC(=O)CCNc1cc(N2CCC(N3CCOCC3)CC2)nc(-c2ccncc2)n1. The summed E-state index contributed by atoms with van der Waals surface area (Å²) in [6.45, 7) is 6.08. The first kappa shape index (κ1) is 20.5. The minimum Gasteiger partial charge on any atom is -0.379 e. The number of carbonyl (C=O) groups excluding carboxylic acids is 1. The summed E-state index contributed by atoms with van der Waals surface area (Å²) in [4.78, 5) is 29.5. The number of ether oxygens (including phenoxy) is 1. The van der Waals surface area contributed by atoms with Gasteiger partial charge in [0.05, 0.1) is 13.2 Å². The molecule has 0 spiro atoms. The van der Waals surface area contributed by atoms with Crippen molar-refractivity contribution < 1.29 is 9.53 Å². The summed E-state index contributed by atoms with van der Waals surface area (Å²) in [5, 5.41) is 3.21. The fourth-order valence-electron chi connectivity index (χ4n) is 4.03.